The lowest BCUT2D eigenvalue weighted by Crippen LogP contribution is -2.46. The van der Waals surface area contributed by atoms with Gasteiger partial charge in [-0.05, 0) is 146 Å². The van der Waals surface area contributed by atoms with Crippen LogP contribution >= 0.6 is 0 Å². The Morgan fingerprint density at radius 1 is 0.568 bits per heavy atom. The lowest BCUT2D eigenvalue weighted by atomic mass is 9.55. The van der Waals surface area contributed by atoms with Gasteiger partial charge in [0.2, 0.25) is 0 Å². The molecule has 2 aromatic rings. The molecule has 4 fully saturated rings. The molecule has 0 spiro atoms. The quantitative estimate of drug-likeness (QED) is 0.412. The predicted molar refractivity (Wildman–Crippen MR) is 151 cm³/mol. The Hall–Kier alpha value is -1.60. The van der Waals surface area contributed by atoms with Gasteiger partial charge in [0.05, 0.1) is 13.2 Å². The minimum atomic E-state index is 0.485. The first kappa shape index (κ1) is 23.3. The smallest absolute Gasteiger partial charge is 0.0525 e. The van der Waals surface area contributed by atoms with Gasteiger partial charge in [0.1, 0.15) is 0 Å². The molecule has 6 aliphatic carbocycles. The van der Waals surface area contributed by atoms with Gasteiger partial charge in [0.25, 0.3) is 0 Å². The van der Waals surface area contributed by atoms with Crippen molar-refractivity contribution in [3.8, 4) is 0 Å². The van der Waals surface area contributed by atoms with Gasteiger partial charge in [-0.2, -0.15) is 0 Å². The van der Waals surface area contributed by atoms with Gasteiger partial charge < -0.3 is 4.74 Å². The van der Waals surface area contributed by atoms with E-state index in [2.05, 4.69) is 48.5 Å². The summed E-state index contributed by atoms with van der Waals surface area (Å²) in [7, 11) is 0. The second-order valence-electron chi connectivity index (χ2n) is 14.3. The lowest BCUT2D eigenvalue weighted by molar-refractivity contribution is -0.0851. The van der Waals surface area contributed by atoms with Crippen LogP contribution in [0.25, 0.3) is 0 Å². The molecule has 0 unspecified atom stereocenters. The number of hydrogen-bond acceptors (Lipinski definition) is 1. The van der Waals surface area contributed by atoms with Gasteiger partial charge in [-0.3, -0.25) is 0 Å². The summed E-state index contributed by atoms with van der Waals surface area (Å²) in [5.74, 6) is 5.27. The molecule has 6 aliphatic rings. The van der Waals surface area contributed by atoms with Crippen molar-refractivity contribution in [2.75, 3.05) is 13.2 Å². The molecule has 0 saturated heterocycles. The predicted octanol–water partition coefficient (Wildman–Crippen LogP) is 8.86. The molecule has 1 nitrogen and oxygen atoms in total. The molecule has 0 heterocycles. The summed E-state index contributed by atoms with van der Waals surface area (Å²) in [5.41, 5.74) is 7.69. The molecule has 8 atom stereocenters. The third kappa shape index (κ3) is 3.58. The summed E-state index contributed by atoms with van der Waals surface area (Å²) in [6.07, 6.45) is 19.7. The van der Waals surface area contributed by atoms with Crippen molar-refractivity contribution in [2.45, 2.75) is 102 Å². The fourth-order valence-electron chi connectivity index (χ4n) is 11.6. The highest BCUT2D eigenvalue weighted by molar-refractivity contribution is 5.36. The van der Waals surface area contributed by atoms with Gasteiger partial charge >= 0.3 is 0 Å². The Bertz CT molecular complexity index is 1060. The molecule has 37 heavy (non-hydrogen) atoms. The highest BCUT2D eigenvalue weighted by Gasteiger charge is 2.55. The molecule has 4 saturated carbocycles. The van der Waals surface area contributed by atoms with Crippen LogP contribution in [0, 0.1) is 34.5 Å². The highest BCUT2D eigenvalue weighted by atomic mass is 16.5. The Labute approximate surface area is 224 Å². The van der Waals surface area contributed by atoms with Crippen LogP contribution < -0.4 is 0 Å². The Morgan fingerprint density at radius 3 is 1.57 bits per heavy atom. The van der Waals surface area contributed by atoms with Crippen molar-refractivity contribution in [3.05, 3.63) is 70.8 Å². The first-order valence-electron chi connectivity index (χ1n) is 16.0. The minimum absolute atomic E-state index is 0.485. The zero-order chi connectivity index (χ0) is 24.5. The summed E-state index contributed by atoms with van der Waals surface area (Å²) in [6.45, 7) is 2.13. The van der Waals surface area contributed by atoms with Crippen LogP contribution in [-0.4, -0.2) is 13.2 Å². The molecular formula is C36H46O. The number of aryl methyl sites for hydroxylation is 2. The molecule has 8 rings (SSSR count). The van der Waals surface area contributed by atoms with Crippen LogP contribution in [0.4, 0.5) is 0 Å². The van der Waals surface area contributed by atoms with Gasteiger partial charge in [-0.15, -0.1) is 0 Å². The SMILES string of the molecule is c1ccc2c(c1)CC[C@@H]1[C@@H]2CC[C@]2(COC[C@@]34CCC[C@H]3[C@@H]3CCc5ccccc5[C@H]3CC4)CCC[C@@H]12. The number of ether oxygens (including phenoxy) is 1. The average molecular weight is 495 g/mol. The van der Waals surface area contributed by atoms with E-state index in [-0.39, 0.29) is 0 Å². The van der Waals surface area contributed by atoms with Gasteiger partial charge in [-0.25, -0.2) is 0 Å². The van der Waals surface area contributed by atoms with Crippen molar-refractivity contribution in [3.63, 3.8) is 0 Å². The minimum Gasteiger partial charge on any atom is -0.380 e. The monoisotopic (exact) mass is 494 g/mol. The Morgan fingerprint density at radius 2 is 1.05 bits per heavy atom. The number of hydrogen-bond donors (Lipinski definition) is 0. The van der Waals surface area contributed by atoms with Crippen molar-refractivity contribution in [1.82, 2.24) is 0 Å². The third-order valence-corrected chi connectivity index (χ3v) is 13.1. The summed E-state index contributed by atoms with van der Waals surface area (Å²) < 4.78 is 7.02. The van der Waals surface area contributed by atoms with E-state index in [1.807, 2.05) is 0 Å². The summed E-state index contributed by atoms with van der Waals surface area (Å²) in [6, 6.07) is 18.8. The Kier molecular flexibility index (Phi) is 5.65. The van der Waals surface area contributed by atoms with E-state index in [0.29, 0.717) is 10.8 Å². The molecule has 0 aliphatic heterocycles. The van der Waals surface area contributed by atoms with E-state index in [9.17, 15) is 0 Å². The van der Waals surface area contributed by atoms with Crippen molar-refractivity contribution >= 4 is 0 Å². The maximum absolute atomic E-state index is 7.02. The highest BCUT2D eigenvalue weighted by Crippen LogP contribution is 2.63. The summed E-state index contributed by atoms with van der Waals surface area (Å²) in [4.78, 5) is 0. The van der Waals surface area contributed by atoms with E-state index in [4.69, 9.17) is 4.74 Å². The van der Waals surface area contributed by atoms with Crippen LogP contribution in [0.15, 0.2) is 48.5 Å². The number of fused-ring (bicyclic) bond motifs is 10. The van der Waals surface area contributed by atoms with Crippen LogP contribution in [0.1, 0.15) is 111 Å². The fourth-order valence-corrected chi connectivity index (χ4v) is 11.6. The first-order chi connectivity index (χ1) is 18.3. The van der Waals surface area contributed by atoms with E-state index >= 15 is 0 Å². The zero-order valence-corrected chi connectivity index (χ0v) is 22.8. The summed E-state index contributed by atoms with van der Waals surface area (Å²) >= 11 is 0. The number of rotatable bonds is 4. The Balaban J connectivity index is 0.977. The maximum atomic E-state index is 7.02. The van der Waals surface area contributed by atoms with Gasteiger partial charge in [0, 0.05) is 0 Å². The largest absolute Gasteiger partial charge is 0.380 e. The molecule has 1 heteroatoms. The lowest BCUT2D eigenvalue weighted by Gasteiger charge is -2.52. The molecule has 0 bridgehead atoms. The van der Waals surface area contributed by atoms with E-state index in [1.165, 1.54) is 89.9 Å². The standard InChI is InChI=1S/C36H46O/c1-3-9-27-25(7-1)13-15-31-29(27)17-21-35(19-5-11-33(31)35)23-37-24-36-20-6-12-34(36)32-16-14-26-8-2-4-10-28(26)30(32)18-22-36/h1-4,7-10,29-34H,5-6,11-24H2/t29-,30-,31-,32-,33+,34+,35+,36+/m1/s1. The van der Waals surface area contributed by atoms with Crippen molar-refractivity contribution in [1.29, 1.82) is 0 Å². The zero-order valence-electron chi connectivity index (χ0n) is 22.8. The van der Waals surface area contributed by atoms with E-state index in [0.717, 1.165) is 48.7 Å². The van der Waals surface area contributed by atoms with Gasteiger partial charge in [0.15, 0.2) is 0 Å². The average Bonchev–Trinajstić information content (AvgIpc) is 3.58. The third-order valence-electron chi connectivity index (χ3n) is 13.1. The molecule has 0 aromatic heterocycles. The number of benzene rings is 2. The molecule has 0 radical (unpaired) electrons. The second kappa shape index (κ2) is 8.97. The first-order valence-corrected chi connectivity index (χ1v) is 16.0. The van der Waals surface area contributed by atoms with Crippen LogP contribution in [0.3, 0.4) is 0 Å². The van der Waals surface area contributed by atoms with Crippen LogP contribution in [-0.2, 0) is 17.6 Å². The molecule has 196 valence electrons. The van der Waals surface area contributed by atoms with Crippen LogP contribution in [0.2, 0.25) is 0 Å². The molecule has 0 N–H and O–H groups in total. The van der Waals surface area contributed by atoms with Crippen molar-refractivity contribution in [2.24, 2.45) is 34.5 Å². The van der Waals surface area contributed by atoms with E-state index < -0.39 is 0 Å². The maximum Gasteiger partial charge on any atom is 0.0525 e. The molecule has 0 amide bonds. The molecule has 2 aromatic carbocycles. The van der Waals surface area contributed by atoms with Crippen LogP contribution in [0.5, 0.6) is 0 Å². The topological polar surface area (TPSA) is 9.23 Å². The molecular weight excluding hydrogens is 448 g/mol. The normalized spacial score (nSPS) is 41.6. The summed E-state index contributed by atoms with van der Waals surface area (Å²) in [5, 5.41) is 0. The van der Waals surface area contributed by atoms with Crippen molar-refractivity contribution < 1.29 is 4.74 Å². The van der Waals surface area contributed by atoms with E-state index in [1.54, 1.807) is 22.3 Å². The fraction of sp³-hybridized carbons (Fsp3) is 0.667. The second-order valence-corrected chi connectivity index (χ2v) is 14.3. The van der Waals surface area contributed by atoms with Gasteiger partial charge in [-0.1, -0.05) is 61.4 Å².